The Balaban J connectivity index is 1.87. The molecule has 0 unspecified atom stereocenters. The summed E-state index contributed by atoms with van der Waals surface area (Å²) in [5.74, 6) is 1.79. The van der Waals surface area contributed by atoms with Gasteiger partial charge in [0.25, 0.3) is 11.8 Å². The molecule has 0 radical (unpaired) electrons. The molecule has 0 bridgehead atoms. The Labute approximate surface area is 184 Å². The average molecular weight is 439 g/mol. The zero-order valence-electron chi connectivity index (χ0n) is 16.7. The summed E-state index contributed by atoms with van der Waals surface area (Å²) in [5, 5.41) is 2.45. The zero-order valence-corrected chi connectivity index (χ0v) is 17.4. The number of carbonyl (C=O) groups excluding carboxylic acids is 3. The molecule has 1 fully saturated rings. The summed E-state index contributed by atoms with van der Waals surface area (Å²) in [4.78, 5) is 38.5. The summed E-state index contributed by atoms with van der Waals surface area (Å²) >= 11 is 6.17. The van der Waals surface area contributed by atoms with Crippen LogP contribution in [0, 0.1) is 12.3 Å². The number of barbiturate groups is 1. The molecular weight excluding hydrogens is 420 g/mol. The third-order valence-corrected chi connectivity index (χ3v) is 4.54. The number of halogens is 1. The largest absolute Gasteiger partial charge is 0.494 e. The summed E-state index contributed by atoms with van der Waals surface area (Å²) in [7, 11) is 0. The van der Waals surface area contributed by atoms with E-state index in [1.807, 2.05) is 6.92 Å². The SMILES string of the molecule is C#CCOc1ccc(/C=C2/C(=O)NC(=O)N(c3ccc(OCCC)cc3)C2=O)cc1Cl. The van der Waals surface area contributed by atoms with Gasteiger partial charge in [-0.15, -0.1) is 6.42 Å². The number of terminal acetylenes is 1. The van der Waals surface area contributed by atoms with E-state index >= 15 is 0 Å². The Morgan fingerprint density at radius 1 is 1.13 bits per heavy atom. The van der Waals surface area contributed by atoms with Crippen LogP contribution in [0.5, 0.6) is 11.5 Å². The number of anilines is 1. The van der Waals surface area contributed by atoms with E-state index in [1.54, 1.807) is 36.4 Å². The monoisotopic (exact) mass is 438 g/mol. The maximum atomic E-state index is 13.0. The molecule has 1 heterocycles. The van der Waals surface area contributed by atoms with Gasteiger partial charge in [-0.05, 0) is 54.5 Å². The highest BCUT2D eigenvalue weighted by atomic mass is 35.5. The van der Waals surface area contributed by atoms with E-state index < -0.39 is 17.8 Å². The fourth-order valence-corrected chi connectivity index (χ4v) is 3.06. The molecule has 1 saturated heterocycles. The molecule has 0 aromatic heterocycles. The van der Waals surface area contributed by atoms with Crippen LogP contribution >= 0.6 is 11.6 Å². The van der Waals surface area contributed by atoms with Gasteiger partial charge in [-0.2, -0.15) is 0 Å². The summed E-state index contributed by atoms with van der Waals surface area (Å²) in [6.07, 6.45) is 7.37. The van der Waals surface area contributed by atoms with E-state index in [-0.39, 0.29) is 17.2 Å². The highest BCUT2D eigenvalue weighted by molar-refractivity contribution is 6.39. The number of carbonyl (C=O) groups is 3. The van der Waals surface area contributed by atoms with Gasteiger partial charge in [-0.3, -0.25) is 14.9 Å². The quantitative estimate of drug-likeness (QED) is 0.403. The Morgan fingerprint density at radius 2 is 1.87 bits per heavy atom. The van der Waals surface area contributed by atoms with Crippen LogP contribution < -0.4 is 19.7 Å². The maximum absolute atomic E-state index is 13.0. The Kier molecular flexibility index (Phi) is 6.96. The summed E-state index contributed by atoms with van der Waals surface area (Å²) in [6, 6.07) is 10.3. The third kappa shape index (κ3) is 5.05. The standard InChI is InChI=1S/C23H19ClN2O5/c1-3-11-30-17-8-6-16(7-9-17)26-22(28)18(21(27)25-23(26)29)13-15-5-10-20(19(24)14-15)31-12-4-2/h2,5-10,13-14H,3,11-12H2,1H3,(H,25,27,29)/b18-13-. The molecule has 31 heavy (non-hydrogen) atoms. The van der Waals surface area contributed by atoms with Crippen LogP contribution in [0.1, 0.15) is 18.9 Å². The van der Waals surface area contributed by atoms with E-state index in [4.69, 9.17) is 27.5 Å². The van der Waals surface area contributed by atoms with Gasteiger partial charge in [0, 0.05) is 0 Å². The lowest BCUT2D eigenvalue weighted by Crippen LogP contribution is -2.54. The third-order valence-electron chi connectivity index (χ3n) is 4.25. The molecule has 8 heteroatoms. The minimum atomic E-state index is -0.828. The van der Waals surface area contributed by atoms with Gasteiger partial charge in [0.1, 0.15) is 23.7 Å². The van der Waals surface area contributed by atoms with Crippen LogP contribution in [0.2, 0.25) is 5.02 Å². The second-order valence-electron chi connectivity index (χ2n) is 6.48. The number of nitrogens with one attached hydrogen (secondary N) is 1. The first-order valence-electron chi connectivity index (χ1n) is 9.44. The molecule has 7 nitrogen and oxygen atoms in total. The molecule has 2 aromatic rings. The second kappa shape index (κ2) is 9.83. The number of benzene rings is 2. The van der Waals surface area contributed by atoms with Crippen LogP contribution in [0.4, 0.5) is 10.5 Å². The first kappa shape index (κ1) is 21.9. The van der Waals surface area contributed by atoms with Gasteiger partial charge in [0.05, 0.1) is 17.3 Å². The van der Waals surface area contributed by atoms with Crippen molar-refractivity contribution in [1.29, 1.82) is 0 Å². The van der Waals surface area contributed by atoms with Crippen molar-refractivity contribution in [1.82, 2.24) is 5.32 Å². The van der Waals surface area contributed by atoms with E-state index in [2.05, 4.69) is 11.2 Å². The van der Waals surface area contributed by atoms with Crippen molar-refractivity contribution in [3.05, 3.63) is 58.6 Å². The van der Waals surface area contributed by atoms with Gasteiger partial charge in [0.2, 0.25) is 0 Å². The van der Waals surface area contributed by atoms with E-state index in [0.29, 0.717) is 29.4 Å². The van der Waals surface area contributed by atoms with Crippen molar-refractivity contribution in [2.24, 2.45) is 0 Å². The van der Waals surface area contributed by atoms with E-state index in [1.165, 1.54) is 12.1 Å². The number of urea groups is 1. The lowest BCUT2D eigenvalue weighted by molar-refractivity contribution is -0.122. The van der Waals surface area contributed by atoms with Gasteiger partial charge in [-0.25, -0.2) is 9.69 Å². The lowest BCUT2D eigenvalue weighted by Gasteiger charge is -2.26. The molecule has 2 aromatic carbocycles. The molecule has 0 atom stereocenters. The van der Waals surface area contributed by atoms with E-state index in [9.17, 15) is 14.4 Å². The van der Waals surface area contributed by atoms with Gasteiger partial charge in [-0.1, -0.05) is 30.5 Å². The highest BCUT2D eigenvalue weighted by Gasteiger charge is 2.36. The smallest absolute Gasteiger partial charge is 0.335 e. The predicted octanol–water partition coefficient (Wildman–Crippen LogP) is 3.81. The number of hydrogen-bond donors (Lipinski definition) is 1. The average Bonchev–Trinajstić information content (AvgIpc) is 2.75. The second-order valence-corrected chi connectivity index (χ2v) is 6.89. The van der Waals surface area contributed by atoms with Gasteiger partial charge in [0.15, 0.2) is 0 Å². The number of ether oxygens (including phenoxy) is 2. The molecule has 3 rings (SSSR count). The van der Waals surface area contributed by atoms with E-state index in [0.717, 1.165) is 11.3 Å². The predicted molar refractivity (Wildman–Crippen MR) is 117 cm³/mol. The van der Waals surface area contributed by atoms with Crippen LogP contribution in [0.3, 0.4) is 0 Å². The molecule has 4 amide bonds. The summed E-state index contributed by atoms with van der Waals surface area (Å²) in [5.41, 5.74) is 0.578. The molecule has 0 spiro atoms. The highest BCUT2D eigenvalue weighted by Crippen LogP contribution is 2.28. The first-order valence-corrected chi connectivity index (χ1v) is 9.82. The zero-order chi connectivity index (χ0) is 22.4. The molecule has 158 valence electrons. The van der Waals surface area contributed by atoms with Gasteiger partial charge < -0.3 is 9.47 Å². The fourth-order valence-electron chi connectivity index (χ4n) is 2.81. The maximum Gasteiger partial charge on any atom is 0.335 e. The number of rotatable bonds is 7. The van der Waals surface area contributed by atoms with Crippen LogP contribution in [-0.4, -0.2) is 31.1 Å². The van der Waals surface area contributed by atoms with Crippen LogP contribution in [0.15, 0.2) is 48.0 Å². The molecule has 0 aliphatic carbocycles. The number of hydrogen-bond acceptors (Lipinski definition) is 5. The number of imide groups is 2. The topological polar surface area (TPSA) is 84.9 Å². The number of nitrogens with zero attached hydrogens (tertiary/aromatic N) is 1. The van der Waals surface area contributed by atoms with Crippen molar-refractivity contribution in [3.63, 3.8) is 0 Å². The Hall–Kier alpha value is -3.76. The minimum absolute atomic E-state index is 0.0559. The molecule has 1 aliphatic rings. The first-order chi connectivity index (χ1) is 14.9. The Bertz CT molecular complexity index is 1090. The summed E-state index contributed by atoms with van der Waals surface area (Å²) < 4.78 is 10.8. The van der Waals surface area contributed by atoms with Crippen molar-refractivity contribution < 1.29 is 23.9 Å². The van der Waals surface area contributed by atoms with Crippen LogP contribution in [-0.2, 0) is 9.59 Å². The summed E-state index contributed by atoms with van der Waals surface area (Å²) in [6.45, 7) is 2.60. The van der Waals surface area contributed by atoms with Crippen molar-refractivity contribution in [3.8, 4) is 23.8 Å². The lowest BCUT2D eigenvalue weighted by atomic mass is 10.1. The number of amides is 4. The normalized spacial score (nSPS) is 14.9. The Morgan fingerprint density at radius 3 is 2.52 bits per heavy atom. The molecular formula is C23H19ClN2O5. The van der Waals surface area contributed by atoms with Crippen molar-refractivity contribution in [2.75, 3.05) is 18.1 Å². The van der Waals surface area contributed by atoms with Crippen molar-refractivity contribution in [2.45, 2.75) is 13.3 Å². The fraction of sp³-hybridized carbons (Fsp3) is 0.174. The molecule has 0 saturated carbocycles. The molecule has 1 aliphatic heterocycles. The minimum Gasteiger partial charge on any atom is -0.494 e. The van der Waals surface area contributed by atoms with Gasteiger partial charge >= 0.3 is 6.03 Å². The molecule has 1 N–H and O–H groups in total. The van der Waals surface area contributed by atoms with Crippen molar-refractivity contribution >= 4 is 41.2 Å². The van der Waals surface area contributed by atoms with Crippen LogP contribution in [0.25, 0.3) is 6.08 Å².